The summed E-state index contributed by atoms with van der Waals surface area (Å²) in [5, 5.41) is 21.0. The lowest BCUT2D eigenvalue weighted by molar-refractivity contribution is 0.0923. The Bertz CT molecular complexity index is 1210. The fourth-order valence-electron chi connectivity index (χ4n) is 4.43. The van der Waals surface area contributed by atoms with Crippen molar-refractivity contribution >= 4 is 34.4 Å². The first kappa shape index (κ1) is 21.7. The van der Waals surface area contributed by atoms with E-state index >= 15 is 0 Å². The average Bonchev–Trinajstić information content (AvgIpc) is 3.55. The zero-order chi connectivity index (χ0) is 22.8. The van der Waals surface area contributed by atoms with Gasteiger partial charge < -0.3 is 10.6 Å². The smallest absolute Gasteiger partial charge is 0.255 e. The van der Waals surface area contributed by atoms with Gasteiger partial charge in [0.1, 0.15) is 6.07 Å². The molecule has 5 rings (SSSR count). The third-order valence-corrected chi connectivity index (χ3v) is 7.21. The van der Waals surface area contributed by atoms with Crippen molar-refractivity contribution in [1.29, 1.82) is 5.26 Å². The van der Waals surface area contributed by atoms with E-state index in [0.717, 1.165) is 42.7 Å². The molecule has 0 bridgehead atoms. The van der Waals surface area contributed by atoms with Crippen LogP contribution < -0.4 is 10.6 Å². The second-order valence-corrected chi connectivity index (χ2v) is 9.87. The summed E-state index contributed by atoms with van der Waals surface area (Å²) in [7, 11) is 0. The highest BCUT2D eigenvalue weighted by atomic mass is 32.2. The molecule has 9 heteroatoms. The van der Waals surface area contributed by atoms with E-state index in [1.165, 1.54) is 24.8 Å². The first-order valence-electron chi connectivity index (χ1n) is 11.4. The number of nitrogens with one attached hydrogen (secondary N) is 2. The molecule has 0 aliphatic heterocycles. The van der Waals surface area contributed by atoms with Gasteiger partial charge in [0.25, 0.3) is 5.91 Å². The monoisotopic (exact) mass is 461 g/mol. The Balaban J connectivity index is 1.38. The molecule has 0 saturated heterocycles. The fourth-order valence-corrected chi connectivity index (χ4v) is 5.24. The molecule has 0 spiro atoms. The number of aromatic nitrogens is 4. The lowest BCUT2D eigenvalue weighted by atomic mass is 9.87. The summed E-state index contributed by atoms with van der Waals surface area (Å²) in [6.45, 7) is 0. The van der Waals surface area contributed by atoms with Crippen LogP contribution in [-0.4, -0.2) is 49.7 Å². The second-order valence-electron chi connectivity index (χ2n) is 8.96. The predicted octanol–water partition coefficient (Wildman–Crippen LogP) is 3.91. The molecule has 2 aliphatic rings. The van der Waals surface area contributed by atoms with Crippen LogP contribution in [0.4, 0.5) is 5.69 Å². The Hall–Kier alpha value is -3.12. The minimum Gasteiger partial charge on any atom is -0.382 e. The number of anilines is 1. The van der Waals surface area contributed by atoms with Gasteiger partial charge >= 0.3 is 0 Å². The van der Waals surface area contributed by atoms with E-state index in [1.807, 2.05) is 17.8 Å². The number of amides is 1. The van der Waals surface area contributed by atoms with Crippen molar-refractivity contribution in [1.82, 2.24) is 25.1 Å². The maximum absolute atomic E-state index is 13.2. The van der Waals surface area contributed by atoms with Gasteiger partial charge in [-0.25, -0.2) is 9.97 Å². The minimum atomic E-state index is -0.0763. The van der Waals surface area contributed by atoms with Crippen LogP contribution in [-0.2, 0) is 0 Å². The summed E-state index contributed by atoms with van der Waals surface area (Å²) < 4.78 is 1.64. The van der Waals surface area contributed by atoms with Crippen molar-refractivity contribution in [2.45, 2.75) is 50.6 Å². The summed E-state index contributed by atoms with van der Waals surface area (Å²) in [4.78, 5) is 22.1. The van der Waals surface area contributed by atoms with Crippen LogP contribution in [0.5, 0.6) is 0 Å². The van der Waals surface area contributed by atoms with Gasteiger partial charge in [-0.1, -0.05) is 0 Å². The van der Waals surface area contributed by atoms with Crippen LogP contribution in [0, 0.1) is 17.2 Å². The lowest BCUT2D eigenvalue weighted by Crippen LogP contribution is -2.38. The van der Waals surface area contributed by atoms with Gasteiger partial charge in [-0.15, -0.1) is 0 Å². The molecule has 3 aromatic heterocycles. The van der Waals surface area contributed by atoms with Crippen LogP contribution in [0.3, 0.4) is 0 Å². The van der Waals surface area contributed by atoms with Crippen molar-refractivity contribution in [3.63, 3.8) is 0 Å². The Morgan fingerprint density at radius 2 is 1.91 bits per heavy atom. The molecule has 0 unspecified atom stereocenters. The number of hydrogen-bond acceptors (Lipinski definition) is 7. The van der Waals surface area contributed by atoms with Crippen molar-refractivity contribution in [3.8, 4) is 11.9 Å². The number of pyridine rings is 2. The molecule has 170 valence electrons. The van der Waals surface area contributed by atoms with Crippen molar-refractivity contribution in [2.24, 2.45) is 5.92 Å². The highest BCUT2D eigenvalue weighted by molar-refractivity contribution is 7.98. The third kappa shape index (κ3) is 4.81. The van der Waals surface area contributed by atoms with Gasteiger partial charge in [0.2, 0.25) is 0 Å². The van der Waals surface area contributed by atoms with Crippen LogP contribution in [0.25, 0.3) is 16.9 Å². The molecule has 2 aliphatic carbocycles. The highest BCUT2D eigenvalue weighted by Gasteiger charge is 2.27. The Labute approximate surface area is 197 Å². The van der Waals surface area contributed by atoms with Gasteiger partial charge in [0, 0.05) is 35.9 Å². The first-order chi connectivity index (χ1) is 16.1. The molecule has 0 aromatic carbocycles. The van der Waals surface area contributed by atoms with E-state index in [0.29, 0.717) is 28.6 Å². The van der Waals surface area contributed by atoms with E-state index in [-0.39, 0.29) is 11.9 Å². The van der Waals surface area contributed by atoms with Gasteiger partial charge in [0.05, 0.1) is 23.0 Å². The maximum atomic E-state index is 13.2. The molecule has 2 saturated carbocycles. The summed E-state index contributed by atoms with van der Waals surface area (Å²) >= 11 is 1.91. The molecule has 3 heterocycles. The summed E-state index contributed by atoms with van der Waals surface area (Å²) in [6.07, 6.45) is 13.6. The molecular weight excluding hydrogens is 434 g/mol. The largest absolute Gasteiger partial charge is 0.382 e. The summed E-state index contributed by atoms with van der Waals surface area (Å²) in [5.74, 6) is 2.48. The number of fused-ring (bicyclic) bond motifs is 1. The zero-order valence-corrected chi connectivity index (χ0v) is 19.4. The predicted molar refractivity (Wildman–Crippen MR) is 130 cm³/mol. The van der Waals surface area contributed by atoms with Crippen molar-refractivity contribution < 1.29 is 4.79 Å². The number of hydrogen-bond donors (Lipinski definition) is 2. The quantitative estimate of drug-likeness (QED) is 0.549. The van der Waals surface area contributed by atoms with Crippen LogP contribution >= 0.6 is 11.8 Å². The van der Waals surface area contributed by atoms with Crippen LogP contribution in [0.15, 0.2) is 30.7 Å². The average molecular weight is 462 g/mol. The number of carbonyl (C=O) groups excluding carboxylic acids is 1. The number of nitrogens with zero attached hydrogens (tertiary/aromatic N) is 5. The first-order valence-corrected chi connectivity index (χ1v) is 12.8. The fraction of sp³-hybridized carbons (Fsp3) is 0.458. The SMILES string of the molecule is CSCC1CCC(NC(=O)c2cnc(-n3ncc4cc(C#N)cnc43)cc2NC2CC2)CC1. The Kier molecular flexibility index (Phi) is 6.18. The zero-order valence-electron chi connectivity index (χ0n) is 18.6. The molecule has 0 atom stereocenters. The van der Waals surface area contributed by atoms with Crippen LogP contribution in [0.2, 0.25) is 0 Å². The normalized spacial score (nSPS) is 20.4. The van der Waals surface area contributed by atoms with E-state index in [4.69, 9.17) is 5.26 Å². The molecule has 0 radical (unpaired) electrons. The molecule has 33 heavy (non-hydrogen) atoms. The molecule has 2 N–H and O–H groups in total. The molecule has 3 aromatic rings. The van der Waals surface area contributed by atoms with E-state index in [1.54, 1.807) is 23.1 Å². The lowest BCUT2D eigenvalue weighted by Gasteiger charge is -2.29. The van der Waals surface area contributed by atoms with Gasteiger partial charge in [-0.3, -0.25) is 4.79 Å². The number of carbonyl (C=O) groups is 1. The third-order valence-electron chi connectivity index (χ3n) is 6.41. The van der Waals surface area contributed by atoms with E-state index in [9.17, 15) is 4.79 Å². The van der Waals surface area contributed by atoms with Crippen LogP contribution in [0.1, 0.15) is 54.4 Å². The van der Waals surface area contributed by atoms with Gasteiger partial charge in [-0.2, -0.15) is 26.8 Å². The van der Waals surface area contributed by atoms with Crippen molar-refractivity contribution in [3.05, 3.63) is 41.9 Å². The Morgan fingerprint density at radius 1 is 1.12 bits per heavy atom. The van der Waals surface area contributed by atoms with E-state index < -0.39 is 0 Å². The molecule has 8 nitrogen and oxygen atoms in total. The number of nitriles is 1. The minimum absolute atomic E-state index is 0.0763. The molecule has 1 amide bonds. The standard InChI is InChI=1S/C24H27N7OS/c1-33-14-15-2-4-19(5-3-15)30-24(32)20-13-26-22(9-21(20)29-18-6-7-18)31-23-17(12-28-31)8-16(10-25)11-27-23/h8-9,11-13,15,18-19H,2-7,14H2,1H3,(H,26,29)(H,30,32). The highest BCUT2D eigenvalue weighted by Crippen LogP contribution is 2.30. The number of rotatable bonds is 7. The summed E-state index contributed by atoms with van der Waals surface area (Å²) in [6, 6.07) is 6.33. The second kappa shape index (κ2) is 9.40. The summed E-state index contributed by atoms with van der Waals surface area (Å²) in [5.41, 5.74) is 2.44. The van der Waals surface area contributed by atoms with Gasteiger partial charge in [0.15, 0.2) is 11.5 Å². The van der Waals surface area contributed by atoms with Crippen molar-refractivity contribution in [2.75, 3.05) is 17.3 Å². The molecule has 2 fully saturated rings. The number of thioether (sulfide) groups is 1. The Morgan fingerprint density at radius 3 is 2.64 bits per heavy atom. The van der Waals surface area contributed by atoms with E-state index in [2.05, 4.69) is 38.0 Å². The maximum Gasteiger partial charge on any atom is 0.255 e. The molecular formula is C24H27N7OS. The topological polar surface area (TPSA) is 109 Å². The van der Waals surface area contributed by atoms with Gasteiger partial charge in [-0.05, 0) is 62.5 Å².